The van der Waals surface area contributed by atoms with Crippen LogP contribution in [-0.4, -0.2) is 44.3 Å². The van der Waals surface area contributed by atoms with Gasteiger partial charge < -0.3 is 10.2 Å². The average molecular weight is 649 g/mol. The number of anilines is 1. The standard InChI is InChI=1S/C33H34BrN3O4S/c1-3-35-33(39)31(22-26-10-6-4-7-11-26)36(23-27-12-8-5-9-13-27)32(38)24-37(29-18-16-28(34)17-19-29)42(40,41)30-20-14-25(2)15-21-30/h4-21,31H,3,22-24H2,1-2H3,(H,35,39)/t31-/m1/s1. The SMILES string of the molecule is CCNC(=O)[C@@H](Cc1ccccc1)N(Cc1ccccc1)C(=O)CN(c1ccc(Br)cc1)S(=O)(=O)c1ccc(C)cc1. The summed E-state index contributed by atoms with van der Waals surface area (Å²) in [5.74, 6) is -0.799. The molecular formula is C33H34BrN3O4S. The molecule has 9 heteroatoms. The number of rotatable bonds is 12. The van der Waals surface area contributed by atoms with Gasteiger partial charge in [-0.1, -0.05) is 94.3 Å². The van der Waals surface area contributed by atoms with E-state index in [4.69, 9.17) is 0 Å². The molecule has 0 aromatic heterocycles. The molecule has 4 aromatic carbocycles. The predicted octanol–water partition coefficient (Wildman–Crippen LogP) is 5.73. The van der Waals surface area contributed by atoms with Gasteiger partial charge in [0.2, 0.25) is 11.8 Å². The zero-order chi connectivity index (χ0) is 30.1. The van der Waals surface area contributed by atoms with Crippen molar-refractivity contribution in [3.05, 3.63) is 130 Å². The second-order valence-corrected chi connectivity index (χ2v) is 12.7. The minimum Gasteiger partial charge on any atom is -0.355 e. The summed E-state index contributed by atoms with van der Waals surface area (Å²) in [5.41, 5.74) is 2.96. The Morgan fingerprint density at radius 1 is 0.810 bits per heavy atom. The molecule has 0 saturated heterocycles. The number of halogens is 1. The lowest BCUT2D eigenvalue weighted by Gasteiger charge is -2.33. The van der Waals surface area contributed by atoms with Crippen LogP contribution in [0, 0.1) is 6.92 Å². The molecule has 0 aliphatic heterocycles. The van der Waals surface area contributed by atoms with Crippen molar-refractivity contribution < 1.29 is 18.0 Å². The highest BCUT2D eigenvalue weighted by atomic mass is 79.9. The molecule has 0 bridgehead atoms. The Balaban J connectivity index is 1.77. The number of hydrogen-bond acceptors (Lipinski definition) is 4. The highest BCUT2D eigenvalue weighted by Crippen LogP contribution is 2.26. The zero-order valence-corrected chi connectivity index (χ0v) is 26.0. The molecule has 218 valence electrons. The van der Waals surface area contributed by atoms with Crippen LogP contribution in [0.5, 0.6) is 0 Å². The van der Waals surface area contributed by atoms with E-state index < -0.39 is 28.5 Å². The van der Waals surface area contributed by atoms with E-state index in [1.54, 1.807) is 36.4 Å². The predicted molar refractivity (Wildman–Crippen MR) is 169 cm³/mol. The van der Waals surface area contributed by atoms with Crippen LogP contribution >= 0.6 is 15.9 Å². The maximum atomic E-state index is 14.3. The number of likely N-dealkylation sites (N-methyl/N-ethyl adjacent to an activating group) is 1. The Labute approximate surface area is 256 Å². The number of amides is 2. The van der Waals surface area contributed by atoms with Crippen LogP contribution in [0.3, 0.4) is 0 Å². The Morgan fingerprint density at radius 3 is 1.95 bits per heavy atom. The fourth-order valence-corrected chi connectivity index (χ4v) is 6.28. The molecular weight excluding hydrogens is 614 g/mol. The van der Waals surface area contributed by atoms with E-state index in [2.05, 4.69) is 21.2 Å². The van der Waals surface area contributed by atoms with Crippen LogP contribution in [0.2, 0.25) is 0 Å². The van der Waals surface area contributed by atoms with Gasteiger partial charge in [-0.2, -0.15) is 0 Å². The van der Waals surface area contributed by atoms with E-state index in [9.17, 15) is 18.0 Å². The fraction of sp³-hybridized carbons (Fsp3) is 0.212. The first-order valence-corrected chi connectivity index (χ1v) is 15.9. The maximum absolute atomic E-state index is 14.3. The zero-order valence-electron chi connectivity index (χ0n) is 23.6. The van der Waals surface area contributed by atoms with Gasteiger partial charge >= 0.3 is 0 Å². The Kier molecular flexibility index (Phi) is 10.5. The van der Waals surface area contributed by atoms with Gasteiger partial charge in [-0.15, -0.1) is 0 Å². The average Bonchev–Trinajstić information content (AvgIpc) is 2.99. The third kappa shape index (κ3) is 7.86. The Morgan fingerprint density at radius 2 is 1.38 bits per heavy atom. The number of benzene rings is 4. The van der Waals surface area contributed by atoms with Crippen LogP contribution in [0.25, 0.3) is 0 Å². The molecule has 1 N–H and O–H groups in total. The highest BCUT2D eigenvalue weighted by Gasteiger charge is 2.34. The van der Waals surface area contributed by atoms with Gasteiger partial charge in [-0.3, -0.25) is 13.9 Å². The van der Waals surface area contributed by atoms with Crippen molar-refractivity contribution in [2.75, 3.05) is 17.4 Å². The summed E-state index contributed by atoms with van der Waals surface area (Å²) in [6, 6.07) is 31.3. The lowest BCUT2D eigenvalue weighted by Crippen LogP contribution is -2.53. The first-order chi connectivity index (χ1) is 20.2. The lowest BCUT2D eigenvalue weighted by molar-refractivity contribution is -0.140. The van der Waals surface area contributed by atoms with E-state index in [1.165, 1.54) is 17.0 Å². The van der Waals surface area contributed by atoms with Crippen LogP contribution in [-0.2, 0) is 32.6 Å². The summed E-state index contributed by atoms with van der Waals surface area (Å²) in [6.07, 6.45) is 0.272. The molecule has 0 aliphatic carbocycles. The van der Waals surface area contributed by atoms with Crippen LogP contribution in [0.4, 0.5) is 5.69 Å². The van der Waals surface area contributed by atoms with Gasteiger partial charge in [-0.05, 0) is 61.4 Å². The molecule has 0 fully saturated rings. The first-order valence-electron chi connectivity index (χ1n) is 13.7. The van der Waals surface area contributed by atoms with Gasteiger partial charge in [0.1, 0.15) is 12.6 Å². The minimum absolute atomic E-state index is 0.0722. The number of sulfonamides is 1. The van der Waals surface area contributed by atoms with E-state index in [1.807, 2.05) is 74.5 Å². The topological polar surface area (TPSA) is 86.8 Å². The molecule has 0 saturated carbocycles. The second kappa shape index (κ2) is 14.3. The second-order valence-electron chi connectivity index (χ2n) is 9.91. The molecule has 4 rings (SSSR count). The van der Waals surface area contributed by atoms with Crippen LogP contribution < -0.4 is 9.62 Å². The van der Waals surface area contributed by atoms with Crippen molar-refractivity contribution in [2.45, 2.75) is 37.8 Å². The van der Waals surface area contributed by atoms with Crippen molar-refractivity contribution in [2.24, 2.45) is 0 Å². The lowest BCUT2D eigenvalue weighted by atomic mass is 10.0. The van der Waals surface area contributed by atoms with Gasteiger partial charge in [0.15, 0.2) is 0 Å². The molecule has 0 aliphatic rings. The largest absolute Gasteiger partial charge is 0.355 e. The summed E-state index contributed by atoms with van der Waals surface area (Å²) < 4.78 is 29.9. The molecule has 7 nitrogen and oxygen atoms in total. The number of aryl methyl sites for hydroxylation is 1. The number of nitrogens with one attached hydrogen (secondary N) is 1. The Hall–Kier alpha value is -3.95. The smallest absolute Gasteiger partial charge is 0.264 e. The molecule has 0 radical (unpaired) electrons. The van der Waals surface area contributed by atoms with Gasteiger partial charge in [-0.25, -0.2) is 8.42 Å². The van der Waals surface area contributed by atoms with Crippen molar-refractivity contribution >= 4 is 43.5 Å². The molecule has 1 atom stereocenters. The van der Waals surface area contributed by atoms with E-state index in [-0.39, 0.29) is 23.8 Å². The van der Waals surface area contributed by atoms with Gasteiger partial charge in [0.05, 0.1) is 10.6 Å². The van der Waals surface area contributed by atoms with Crippen molar-refractivity contribution in [3.8, 4) is 0 Å². The van der Waals surface area contributed by atoms with Crippen LogP contribution in [0.15, 0.2) is 119 Å². The van der Waals surface area contributed by atoms with Crippen molar-refractivity contribution in [1.82, 2.24) is 10.2 Å². The number of carbonyl (C=O) groups is 2. The molecule has 4 aromatic rings. The van der Waals surface area contributed by atoms with Crippen LogP contribution in [0.1, 0.15) is 23.6 Å². The molecule has 42 heavy (non-hydrogen) atoms. The summed E-state index contributed by atoms with van der Waals surface area (Å²) >= 11 is 3.40. The quantitative estimate of drug-likeness (QED) is 0.213. The minimum atomic E-state index is -4.13. The first kappa shape index (κ1) is 31.0. The molecule has 2 amide bonds. The van der Waals surface area contributed by atoms with E-state index in [0.29, 0.717) is 12.2 Å². The van der Waals surface area contributed by atoms with E-state index >= 15 is 0 Å². The third-order valence-corrected chi connectivity index (χ3v) is 9.14. The number of nitrogens with zero attached hydrogens (tertiary/aromatic N) is 2. The summed E-state index contributed by atoms with van der Waals surface area (Å²) in [5, 5.41) is 2.87. The van der Waals surface area contributed by atoms with Crippen molar-refractivity contribution in [1.29, 1.82) is 0 Å². The maximum Gasteiger partial charge on any atom is 0.264 e. The normalized spacial score (nSPS) is 11.9. The molecule has 0 heterocycles. The summed E-state index contributed by atoms with van der Waals surface area (Å²) in [7, 11) is -4.13. The summed E-state index contributed by atoms with van der Waals surface area (Å²) in [4.78, 5) is 29.3. The number of hydrogen-bond donors (Lipinski definition) is 1. The monoisotopic (exact) mass is 647 g/mol. The Bertz CT molecular complexity index is 1580. The summed E-state index contributed by atoms with van der Waals surface area (Å²) in [6.45, 7) is 3.74. The fourth-order valence-electron chi connectivity index (χ4n) is 4.60. The third-order valence-electron chi connectivity index (χ3n) is 6.82. The highest BCUT2D eigenvalue weighted by molar-refractivity contribution is 9.10. The molecule has 0 unspecified atom stereocenters. The van der Waals surface area contributed by atoms with E-state index in [0.717, 1.165) is 25.5 Å². The van der Waals surface area contributed by atoms with Gasteiger partial charge in [0.25, 0.3) is 10.0 Å². The number of carbonyl (C=O) groups excluding carboxylic acids is 2. The van der Waals surface area contributed by atoms with Crippen molar-refractivity contribution in [3.63, 3.8) is 0 Å². The molecule has 0 spiro atoms. The van der Waals surface area contributed by atoms with Gasteiger partial charge in [0, 0.05) is 24.0 Å².